The second-order valence-electron chi connectivity index (χ2n) is 14.7. The molecule has 3 aromatic carbocycles. The van der Waals surface area contributed by atoms with Gasteiger partial charge in [-0.2, -0.15) is 0 Å². The van der Waals surface area contributed by atoms with E-state index in [-0.39, 0.29) is 23.8 Å². The molecular formula is C40H48N6O5. The molecule has 4 N–H and O–H groups in total. The molecule has 4 amide bonds. The van der Waals surface area contributed by atoms with E-state index in [1.807, 2.05) is 54.6 Å². The molecule has 51 heavy (non-hydrogen) atoms. The summed E-state index contributed by atoms with van der Waals surface area (Å²) in [6, 6.07) is 23.0. The van der Waals surface area contributed by atoms with Crippen molar-refractivity contribution in [2.75, 3.05) is 23.7 Å². The second kappa shape index (κ2) is 15.0. The van der Waals surface area contributed by atoms with Crippen LogP contribution in [0.15, 0.2) is 78.9 Å². The van der Waals surface area contributed by atoms with E-state index in [1.165, 1.54) is 0 Å². The highest BCUT2D eigenvalue weighted by molar-refractivity contribution is 6.00. The van der Waals surface area contributed by atoms with Crippen molar-refractivity contribution in [3.05, 3.63) is 84.4 Å². The fourth-order valence-electron chi connectivity index (χ4n) is 7.07. The lowest BCUT2D eigenvalue weighted by atomic mass is 10.0. The second-order valence-corrected chi connectivity index (χ2v) is 14.7. The van der Waals surface area contributed by atoms with Gasteiger partial charge in [0, 0.05) is 40.6 Å². The third-order valence-electron chi connectivity index (χ3n) is 9.49. The van der Waals surface area contributed by atoms with Crippen LogP contribution in [0, 0.1) is 0 Å². The van der Waals surface area contributed by atoms with Crippen molar-refractivity contribution in [1.82, 2.24) is 20.1 Å². The predicted octanol–water partition coefficient (Wildman–Crippen LogP) is 6.84. The minimum absolute atomic E-state index is 0.0349. The molecule has 1 aromatic heterocycles. The Morgan fingerprint density at radius 1 is 0.804 bits per heavy atom. The fourth-order valence-corrected chi connectivity index (χ4v) is 7.07. The lowest BCUT2D eigenvalue weighted by molar-refractivity contribution is -0.138. The van der Waals surface area contributed by atoms with Gasteiger partial charge in [-0.25, -0.2) is 4.79 Å². The fraction of sp³-hybridized carbons (Fsp3) is 0.400. The van der Waals surface area contributed by atoms with Crippen molar-refractivity contribution in [1.29, 1.82) is 0 Å². The number of anilines is 2. The average molecular weight is 693 g/mol. The minimum atomic E-state index is -1.00. The number of rotatable bonds is 9. The largest absolute Gasteiger partial charge is 0.444 e. The Morgan fingerprint density at radius 2 is 1.45 bits per heavy atom. The van der Waals surface area contributed by atoms with Crippen molar-refractivity contribution in [2.24, 2.45) is 0 Å². The number of carbonyl (C=O) groups is 4. The summed E-state index contributed by atoms with van der Waals surface area (Å²) in [5.74, 6) is -0.614. The smallest absolute Gasteiger partial charge is 0.408 e. The summed E-state index contributed by atoms with van der Waals surface area (Å²) in [4.78, 5) is 60.6. The number of aromatic amines is 1. The number of fused-ring (bicyclic) bond motifs is 1. The van der Waals surface area contributed by atoms with E-state index in [1.54, 1.807) is 49.9 Å². The molecule has 2 aliphatic heterocycles. The summed E-state index contributed by atoms with van der Waals surface area (Å²) in [5.41, 5.74) is 4.03. The number of nitrogens with one attached hydrogen (secondary N) is 4. The van der Waals surface area contributed by atoms with Gasteiger partial charge < -0.3 is 30.6 Å². The zero-order valence-corrected chi connectivity index (χ0v) is 30.0. The normalized spacial score (nSPS) is 18.5. The van der Waals surface area contributed by atoms with Gasteiger partial charge >= 0.3 is 6.09 Å². The standard InChI is InChI=1S/C40H48N6O5/c1-25(2)45-21-9-13-33(45)36(47)41-29-17-15-26(16-18-29)32-24-28-23-30(19-20-31(28)43-32)42-37(48)34-14-10-22-46(34)38(49)35(27-11-7-6-8-12-27)44-39(50)51-40(3,4)5/h6-8,11-12,15-20,23-25,33-35,43H,9-10,13-14,21-22H2,1-5H3,(H,41,47)(H,42,48)(H,44,50)/t33?,34-,35+/m0/s1. The van der Waals surface area contributed by atoms with Gasteiger partial charge in [0.05, 0.1) is 6.04 Å². The molecule has 6 rings (SSSR count). The number of hydrogen-bond acceptors (Lipinski definition) is 6. The summed E-state index contributed by atoms with van der Waals surface area (Å²) < 4.78 is 5.45. The van der Waals surface area contributed by atoms with Gasteiger partial charge in [-0.05, 0) is 114 Å². The molecule has 3 heterocycles. The third kappa shape index (κ3) is 8.42. The first-order valence-electron chi connectivity index (χ1n) is 17.8. The lowest BCUT2D eigenvalue weighted by Crippen LogP contribution is -2.49. The molecule has 2 saturated heterocycles. The maximum atomic E-state index is 13.9. The first-order chi connectivity index (χ1) is 24.4. The quantitative estimate of drug-likeness (QED) is 0.152. The maximum Gasteiger partial charge on any atom is 0.408 e. The van der Waals surface area contributed by atoms with E-state index in [0.717, 1.165) is 47.2 Å². The average Bonchev–Trinajstić information content (AvgIpc) is 3.87. The Hall–Kier alpha value is -5.16. The molecule has 3 atom stereocenters. The van der Waals surface area contributed by atoms with Crippen LogP contribution in [0.3, 0.4) is 0 Å². The summed E-state index contributed by atoms with van der Waals surface area (Å²) in [6.45, 7) is 10.9. The van der Waals surface area contributed by atoms with Crippen molar-refractivity contribution < 1.29 is 23.9 Å². The van der Waals surface area contributed by atoms with Crippen molar-refractivity contribution in [3.63, 3.8) is 0 Å². The molecule has 0 saturated carbocycles. The Labute approximate surface area is 299 Å². The number of amides is 4. The van der Waals surface area contributed by atoms with Gasteiger partial charge in [0.25, 0.3) is 5.91 Å². The number of H-pyrrole nitrogens is 1. The third-order valence-corrected chi connectivity index (χ3v) is 9.49. The first-order valence-corrected chi connectivity index (χ1v) is 17.8. The van der Waals surface area contributed by atoms with E-state index in [4.69, 9.17) is 4.74 Å². The molecular weight excluding hydrogens is 644 g/mol. The van der Waals surface area contributed by atoms with Crippen molar-refractivity contribution in [2.45, 2.75) is 90.1 Å². The highest BCUT2D eigenvalue weighted by Gasteiger charge is 2.39. The van der Waals surface area contributed by atoms with Gasteiger partial charge in [0.1, 0.15) is 17.7 Å². The molecule has 4 aromatic rings. The van der Waals surface area contributed by atoms with E-state index in [2.05, 4.69) is 39.7 Å². The van der Waals surface area contributed by atoms with Crippen LogP contribution in [0.2, 0.25) is 0 Å². The Kier molecular flexibility index (Phi) is 10.5. The molecule has 0 aliphatic carbocycles. The highest BCUT2D eigenvalue weighted by atomic mass is 16.6. The molecule has 11 heteroatoms. The molecule has 2 aliphatic rings. The number of likely N-dealkylation sites (tertiary alicyclic amines) is 2. The van der Waals surface area contributed by atoms with E-state index >= 15 is 0 Å². The summed E-state index contributed by atoms with van der Waals surface area (Å²) in [5, 5.41) is 9.75. The molecule has 1 unspecified atom stereocenters. The molecule has 11 nitrogen and oxygen atoms in total. The molecule has 0 spiro atoms. The van der Waals surface area contributed by atoms with Crippen LogP contribution in [-0.2, 0) is 19.1 Å². The minimum Gasteiger partial charge on any atom is -0.444 e. The molecule has 0 radical (unpaired) electrons. The topological polar surface area (TPSA) is 136 Å². The highest BCUT2D eigenvalue weighted by Crippen LogP contribution is 2.30. The summed E-state index contributed by atoms with van der Waals surface area (Å²) >= 11 is 0. The maximum absolute atomic E-state index is 13.9. The van der Waals surface area contributed by atoms with Crippen LogP contribution >= 0.6 is 0 Å². The van der Waals surface area contributed by atoms with E-state index in [9.17, 15) is 19.2 Å². The van der Waals surface area contributed by atoms with Crippen LogP contribution in [-0.4, -0.2) is 75.4 Å². The van der Waals surface area contributed by atoms with E-state index in [0.29, 0.717) is 36.7 Å². The number of ether oxygens (including phenoxy) is 1. The Morgan fingerprint density at radius 3 is 2.16 bits per heavy atom. The number of hydrogen-bond donors (Lipinski definition) is 4. The van der Waals surface area contributed by atoms with Crippen LogP contribution in [0.1, 0.15) is 71.9 Å². The van der Waals surface area contributed by atoms with Crippen molar-refractivity contribution in [3.8, 4) is 11.3 Å². The van der Waals surface area contributed by atoms with Gasteiger partial charge in [-0.1, -0.05) is 42.5 Å². The van der Waals surface area contributed by atoms with Crippen molar-refractivity contribution >= 4 is 46.1 Å². The zero-order chi connectivity index (χ0) is 36.3. The van der Waals surface area contributed by atoms with Gasteiger partial charge in [0.2, 0.25) is 11.8 Å². The first kappa shape index (κ1) is 35.7. The van der Waals surface area contributed by atoms with Crippen LogP contribution in [0.5, 0.6) is 0 Å². The SMILES string of the molecule is CC(C)N1CCCC1C(=O)Nc1ccc(-c2cc3cc(NC(=O)[C@@H]4CCCN4C(=O)[C@H](NC(=O)OC(C)(C)C)c4ccccc4)ccc3[nH]2)cc1. The number of aromatic nitrogens is 1. The lowest BCUT2D eigenvalue weighted by Gasteiger charge is -2.29. The predicted molar refractivity (Wildman–Crippen MR) is 199 cm³/mol. The number of alkyl carbamates (subject to hydrolysis) is 1. The van der Waals surface area contributed by atoms with Crippen LogP contribution < -0.4 is 16.0 Å². The number of nitrogens with zero attached hydrogens (tertiary/aromatic N) is 2. The van der Waals surface area contributed by atoms with Gasteiger partial charge in [-0.3, -0.25) is 19.3 Å². The summed E-state index contributed by atoms with van der Waals surface area (Å²) in [6.07, 6.45) is 2.37. The number of carbonyl (C=O) groups excluding carboxylic acids is 4. The Bertz CT molecular complexity index is 1880. The monoisotopic (exact) mass is 692 g/mol. The van der Waals surface area contributed by atoms with Crippen LogP contribution in [0.4, 0.5) is 16.2 Å². The summed E-state index contributed by atoms with van der Waals surface area (Å²) in [7, 11) is 0. The molecule has 0 bridgehead atoms. The Balaban J connectivity index is 1.12. The molecule has 268 valence electrons. The molecule has 2 fully saturated rings. The number of benzene rings is 3. The van der Waals surface area contributed by atoms with E-state index < -0.39 is 23.8 Å². The van der Waals surface area contributed by atoms with Gasteiger partial charge in [0.15, 0.2) is 0 Å². The van der Waals surface area contributed by atoms with Gasteiger partial charge in [-0.15, -0.1) is 0 Å². The van der Waals surface area contributed by atoms with Crippen LogP contribution in [0.25, 0.3) is 22.2 Å². The zero-order valence-electron chi connectivity index (χ0n) is 30.0.